The maximum absolute atomic E-state index is 13.2. The van der Waals surface area contributed by atoms with Crippen molar-refractivity contribution in [1.82, 2.24) is 30.4 Å². The first kappa shape index (κ1) is 51.9. The molecule has 0 saturated carbocycles. The SMILES string of the molecule is Cc1nc(NC(=O)c2ccccc2NC(=O)CCOCCOCCOCCOCCOCCC(=O)NCCNC(=O)CC2N=C(c3ccc(Cl)cc3)c3c(sc(C)c3C)-n3c(C)nnc32)sc1C. The number of hydrogen-bond acceptors (Lipinski definition) is 15. The van der Waals surface area contributed by atoms with Crippen LogP contribution in [0.3, 0.4) is 0 Å². The highest BCUT2D eigenvalue weighted by Crippen LogP contribution is 2.39. The molecule has 1 unspecified atom stereocenters. The van der Waals surface area contributed by atoms with Crippen LogP contribution in [0.5, 0.6) is 0 Å². The summed E-state index contributed by atoms with van der Waals surface area (Å²) in [5, 5.41) is 22.2. The summed E-state index contributed by atoms with van der Waals surface area (Å²) in [6.07, 6.45) is 0.336. The van der Waals surface area contributed by atoms with Crippen molar-refractivity contribution in [2.45, 2.75) is 59.9 Å². The number of halogens is 1. The Hall–Kier alpha value is -5.45. The van der Waals surface area contributed by atoms with Crippen molar-refractivity contribution in [2.75, 3.05) is 89.8 Å². The number of anilines is 2. The first-order valence-corrected chi connectivity index (χ1v) is 24.3. The van der Waals surface area contributed by atoms with Crippen molar-refractivity contribution in [3.8, 4) is 5.00 Å². The Labute approximate surface area is 408 Å². The van der Waals surface area contributed by atoms with E-state index >= 15 is 0 Å². The third kappa shape index (κ3) is 15.0. The molecule has 4 N–H and O–H groups in total. The average Bonchev–Trinajstić information content (AvgIpc) is 3.92. The molecule has 1 atom stereocenters. The number of aromatic nitrogens is 4. The monoisotopic (exact) mass is 991 g/mol. The molecular formula is C47H58ClN9O9S2. The minimum atomic E-state index is -0.589. The number of thiazole rings is 1. The molecular weight excluding hydrogens is 934 g/mol. The molecule has 6 rings (SSSR count). The smallest absolute Gasteiger partial charge is 0.259 e. The Bertz CT molecular complexity index is 2510. The molecule has 2 aromatic carbocycles. The zero-order valence-corrected chi connectivity index (χ0v) is 41.3. The molecule has 1 aliphatic heterocycles. The van der Waals surface area contributed by atoms with Crippen molar-refractivity contribution in [1.29, 1.82) is 0 Å². The summed E-state index contributed by atoms with van der Waals surface area (Å²) >= 11 is 9.26. The first-order valence-electron chi connectivity index (χ1n) is 22.3. The highest BCUT2D eigenvalue weighted by Gasteiger charge is 2.32. The lowest BCUT2D eigenvalue weighted by molar-refractivity contribution is -0.123. The highest BCUT2D eigenvalue weighted by molar-refractivity contribution is 7.16. The standard InChI is InChI=1S/C47H58ClN9O9S2/c1-29-31(3)67-46-42(29)43(34-10-12-35(48)13-11-34)53-38(44-56-55-33(5)57(44)46)28-41(60)50-17-16-49-39(58)14-18-62-20-22-64-24-26-66-27-25-65-23-21-63-19-15-40(59)52-37-9-7-6-8-36(37)45(61)54-47-51-30(2)32(4)68-47/h6-13,38H,14-28H2,1-5H3,(H,49,58)(H,50,60)(H,52,59)(H,51,54,61). The molecule has 364 valence electrons. The van der Waals surface area contributed by atoms with Crippen LogP contribution in [-0.4, -0.2) is 128 Å². The van der Waals surface area contributed by atoms with E-state index in [1.54, 1.807) is 35.6 Å². The van der Waals surface area contributed by atoms with E-state index in [4.69, 9.17) is 40.3 Å². The van der Waals surface area contributed by atoms with Gasteiger partial charge in [0.15, 0.2) is 11.0 Å². The second kappa shape index (κ2) is 26.3. The van der Waals surface area contributed by atoms with E-state index in [2.05, 4.69) is 50.3 Å². The van der Waals surface area contributed by atoms with E-state index in [0.29, 0.717) is 85.9 Å². The van der Waals surface area contributed by atoms with E-state index in [-0.39, 0.29) is 69.2 Å². The summed E-state index contributed by atoms with van der Waals surface area (Å²) in [5.74, 6) is 0.268. The second-order valence-corrected chi connectivity index (χ2v) is 18.4. The fourth-order valence-corrected chi connectivity index (χ4v) is 9.03. The molecule has 1 aliphatic rings. The van der Waals surface area contributed by atoms with Crippen LogP contribution in [0.2, 0.25) is 5.02 Å². The van der Waals surface area contributed by atoms with E-state index in [1.165, 1.54) is 11.3 Å². The lowest BCUT2D eigenvalue weighted by atomic mass is 9.99. The molecule has 21 heteroatoms. The molecule has 0 aliphatic carbocycles. The van der Waals surface area contributed by atoms with Gasteiger partial charge >= 0.3 is 0 Å². The number of aryl methyl sites for hydroxylation is 4. The number of para-hydroxylation sites is 1. The van der Waals surface area contributed by atoms with Crippen LogP contribution < -0.4 is 21.3 Å². The normalized spacial score (nSPS) is 13.0. The maximum atomic E-state index is 13.2. The predicted octanol–water partition coefficient (Wildman–Crippen LogP) is 6.25. The van der Waals surface area contributed by atoms with Gasteiger partial charge in [0, 0.05) is 45.4 Å². The number of nitrogens with one attached hydrogen (secondary N) is 4. The molecule has 0 saturated heterocycles. The Kier molecular flexibility index (Phi) is 20.1. The molecule has 18 nitrogen and oxygen atoms in total. The lowest BCUT2D eigenvalue weighted by Crippen LogP contribution is -2.35. The second-order valence-electron chi connectivity index (χ2n) is 15.6. The van der Waals surface area contributed by atoms with Crippen LogP contribution in [0, 0.1) is 34.6 Å². The van der Waals surface area contributed by atoms with Gasteiger partial charge in [0.1, 0.15) is 16.9 Å². The third-order valence-electron chi connectivity index (χ3n) is 10.6. The number of fused-ring (bicyclic) bond motifs is 3. The summed E-state index contributed by atoms with van der Waals surface area (Å²) in [7, 11) is 0. The van der Waals surface area contributed by atoms with E-state index in [1.807, 2.05) is 49.6 Å². The number of nitrogens with zero attached hydrogens (tertiary/aromatic N) is 5. The van der Waals surface area contributed by atoms with Crippen molar-refractivity contribution in [3.63, 3.8) is 0 Å². The summed E-state index contributed by atoms with van der Waals surface area (Å²) in [6, 6.07) is 13.7. The van der Waals surface area contributed by atoms with Gasteiger partial charge in [-0.2, -0.15) is 0 Å². The lowest BCUT2D eigenvalue weighted by Gasteiger charge is -2.13. The van der Waals surface area contributed by atoms with E-state index in [0.717, 1.165) is 42.9 Å². The third-order valence-corrected chi connectivity index (χ3v) is 13.1. The van der Waals surface area contributed by atoms with Crippen molar-refractivity contribution >= 4 is 74.4 Å². The molecule has 4 amide bonds. The zero-order valence-electron chi connectivity index (χ0n) is 38.9. The maximum Gasteiger partial charge on any atom is 0.259 e. The first-order chi connectivity index (χ1) is 32.9. The Morgan fingerprint density at radius 1 is 0.676 bits per heavy atom. The predicted molar refractivity (Wildman–Crippen MR) is 262 cm³/mol. The summed E-state index contributed by atoms with van der Waals surface area (Å²) in [4.78, 5) is 62.6. The van der Waals surface area contributed by atoms with Crippen molar-refractivity contribution < 1.29 is 42.9 Å². The number of carbonyl (C=O) groups excluding carboxylic acids is 4. The number of thiophene rings is 1. The molecule has 68 heavy (non-hydrogen) atoms. The average molecular weight is 993 g/mol. The number of amides is 4. The van der Waals surface area contributed by atoms with Crippen LogP contribution in [0.25, 0.3) is 5.00 Å². The van der Waals surface area contributed by atoms with Crippen LogP contribution in [0.4, 0.5) is 10.8 Å². The topological polar surface area (TPSA) is 219 Å². The van der Waals surface area contributed by atoms with Gasteiger partial charge in [-0.25, -0.2) is 4.98 Å². The Morgan fingerprint density at radius 2 is 1.26 bits per heavy atom. The zero-order chi connectivity index (χ0) is 48.4. The fourth-order valence-electron chi connectivity index (χ4n) is 6.88. The van der Waals surface area contributed by atoms with Crippen molar-refractivity contribution in [2.24, 2.45) is 4.99 Å². The number of rotatable bonds is 27. The van der Waals surface area contributed by atoms with Gasteiger partial charge in [-0.1, -0.05) is 35.9 Å². The molecule has 3 aromatic heterocycles. The fraction of sp³-hybridized carbons (Fsp3) is 0.447. The van der Waals surface area contributed by atoms with Gasteiger partial charge < -0.3 is 39.6 Å². The van der Waals surface area contributed by atoms with Gasteiger partial charge in [-0.3, -0.25) is 34.1 Å². The number of carbonyl (C=O) groups is 4. The molecule has 0 radical (unpaired) electrons. The quantitative estimate of drug-likeness (QED) is 0.0430. The Balaban J connectivity index is 0.745. The number of aliphatic imine (C=N–C) groups is 1. The number of hydrogen-bond donors (Lipinski definition) is 4. The highest BCUT2D eigenvalue weighted by atomic mass is 35.5. The molecule has 0 fully saturated rings. The van der Waals surface area contributed by atoms with E-state index < -0.39 is 6.04 Å². The van der Waals surface area contributed by atoms with E-state index in [9.17, 15) is 19.2 Å². The van der Waals surface area contributed by atoms with Gasteiger partial charge in [0.2, 0.25) is 17.7 Å². The summed E-state index contributed by atoms with van der Waals surface area (Å²) in [5.41, 5.74) is 5.38. The Morgan fingerprint density at radius 3 is 1.88 bits per heavy atom. The number of ether oxygens (including phenoxy) is 5. The largest absolute Gasteiger partial charge is 0.379 e. The van der Waals surface area contributed by atoms with Crippen LogP contribution in [-0.2, 0) is 38.1 Å². The van der Waals surface area contributed by atoms with Crippen LogP contribution in [0.1, 0.15) is 79.4 Å². The van der Waals surface area contributed by atoms with Crippen LogP contribution in [0.15, 0.2) is 53.5 Å². The van der Waals surface area contributed by atoms with Gasteiger partial charge in [0.25, 0.3) is 5.91 Å². The van der Waals surface area contributed by atoms with Crippen LogP contribution >= 0.6 is 34.3 Å². The minimum Gasteiger partial charge on any atom is -0.379 e. The summed E-state index contributed by atoms with van der Waals surface area (Å²) < 4.78 is 29.6. The summed E-state index contributed by atoms with van der Waals surface area (Å²) in [6.45, 7) is 13.7. The van der Waals surface area contributed by atoms with Crippen molar-refractivity contribution in [3.05, 3.63) is 103 Å². The van der Waals surface area contributed by atoms with Gasteiger partial charge in [-0.05, 0) is 64.4 Å². The molecule has 0 spiro atoms. The molecule has 4 heterocycles. The molecule has 0 bridgehead atoms. The molecule has 5 aromatic rings. The minimum absolute atomic E-state index is 0.0486. The van der Waals surface area contributed by atoms with Gasteiger partial charge in [0.05, 0.1) is 102 Å². The number of benzene rings is 2. The van der Waals surface area contributed by atoms with Gasteiger partial charge in [-0.15, -0.1) is 32.9 Å².